The third kappa shape index (κ3) is 4.31. The Morgan fingerprint density at radius 1 is 1.25 bits per heavy atom. The summed E-state index contributed by atoms with van der Waals surface area (Å²) in [6, 6.07) is 5.66. The van der Waals surface area contributed by atoms with Gasteiger partial charge < -0.3 is 15.1 Å². The van der Waals surface area contributed by atoms with E-state index in [1.807, 2.05) is 13.8 Å². The van der Waals surface area contributed by atoms with Crippen molar-refractivity contribution in [1.82, 2.24) is 15.6 Å². The number of benzene rings is 1. The topological polar surface area (TPSA) is 62.5 Å². The van der Waals surface area contributed by atoms with Gasteiger partial charge >= 0.3 is 6.18 Å². The summed E-state index contributed by atoms with van der Waals surface area (Å²) >= 11 is 0. The van der Waals surface area contributed by atoms with Crippen LogP contribution < -0.4 is 10.6 Å². The fourth-order valence-corrected chi connectivity index (χ4v) is 3.44. The lowest BCUT2D eigenvalue weighted by molar-refractivity contribution is -0.137. The Balaban J connectivity index is 1.65. The Labute approximate surface area is 162 Å². The van der Waals surface area contributed by atoms with E-state index < -0.39 is 11.7 Å². The molecule has 0 bridgehead atoms. The lowest BCUT2D eigenvalue weighted by Crippen LogP contribution is -2.48. The molecule has 5 nitrogen and oxygen atoms in total. The number of aromatic nitrogens is 1. The fourth-order valence-electron chi connectivity index (χ4n) is 3.44. The summed E-state index contributed by atoms with van der Waals surface area (Å²) in [7, 11) is 1.65. The molecule has 0 unspecified atom stereocenters. The third-order valence-corrected chi connectivity index (χ3v) is 5.41. The van der Waals surface area contributed by atoms with Gasteiger partial charge in [0.15, 0.2) is 5.96 Å². The summed E-state index contributed by atoms with van der Waals surface area (Å²) in [4.78, 5) is 8.50. The second-order valence-electron chi connectivity index (χ2n) is 7.24. The second-order valence-corrected chi connectivity index (χ2v) is 7.24. The number of oxazole rings is 1. The molecule has 1 aliphatic rings. The van der Waals surface area contributed by atoms with Crippen molar-refractivity contribution in [2.75, 3.05) is 13.6 Å². The van der Waals surface area contributed by atoms with Crippen LogP contribution in [0, 0.1) is 13.8 Å². The van der Waals surface area contributed by atoms with Crippen LogP contribution in [0.2, 0.25) is 0 Å². The van der Waals surface area contributed by atoms with Gasteiger partial charge in [-0.1, -0.05) is 24.6 Å². The molecule has 1 aliphatic carbocycles. The predicted molar refractivity (Wildman–Crippen MR) is 101 cm³/mol. The van der Waals surface area contributed by atoms with Crippen molar-refractivity contribution in [3.63, 3.8) is 0 Å². The Hall–Kier alpha value is -2.51. The summed E-state index contributed by atoms with van der Waals surface area (Å²) in [5, 5.41) is 6.39. The molecule has 2 N–H and O–H groups in total. The van der Waals surface area contributed by atoms with Gasteiger partial charge in [0.25, 0.3) is 0 Å². The molecule has 0 atom stereocenters. The molecular weight excluding hydrogens is 369 g/mol. The molecule has 1 aromatic carbocycles. The monoisotopic (exact) mass is 394 g/mol. The van der Waals surface area contributed by atoms with E-state index in [4.69, 9.17) is 4.42 Å². The zero-order chi connectivity index (χ0) is 20.4. The highest BCUT2D eigenvalue weighted by atomic mass is 19.4. The molecule has 0 amide bonds. The molecule has 2 aromatic rings. The molecule has 0 radical (unpaired) electrons. The number of halogens is 3. The predicted octanol–water partition coefficient (Wildman–Crippen LogP) is 4.10. The molecule has 1 fully saturated rings. The molecule has 0 saturated heterocycles. The minimum Gasteiger partial charge on any atom is -0.444 e. The Kier molecular flexibility index (Phi) is 5.67. The molecule has 28 heavy (non-hydrogen) atoms. The highest BCUT2D eigenvalue weighted by Gasteiger charge is 2.40. The molecule has 1 aromatic heterocycles. The number of guanidine groups is 1. The van der Waals surface area contributed by atoms with Crippen molar-refractivity contribution in [1.29, 1.82) is 0 Å². The van der Waals surface area contributed by atoms with E-state index >= 15 is 0 Å². The van der Waals surface area contributed by atoms with E-state index in [0.29, 0.717) is 24.9 Å². The Bertz CT molecular complexity index is 834. The van der Waals surface area contributed by atoms with Gasteiger partial charge in [0.05, 0.1) is 17.8 Å². The number of alkyl halides is 3. The largest absolute Gasteiger partial charge is 0.444 e. The smallest absolute Gasteiger partial charge is 0.416 e. The fraction of sp³-hybridized carbons (Fsp3) is 0.500. The van der Waals surface area contributed by atoms with Gasteiger partial charge in [0, 0.05) is 19.0 Å². The van der Waals surface area contributed by atoms with Crippen LogP contribution in [0.1, 0.15) is 47.7 Å². The third-order valence-electron chi connectivity index (χ3n) is 5.41. The number of aliphatic imine (C=N–C) groups is 1. The molecule has 0 spiro atoms. The number of hydrogen-bond acceptors (Lipinski definition) is 3. The first-order chi connectivity index (χ1) is 13.2. The van der Waals surface area contributed by atoms with Crippen LogP contribution in [0.15, 0.2) is 33.7 Å². The van der Waals surface area contributed by atoms with Crippen molar-refractivity contribution in [3.05, 3.63) is 52.7 Å². The summed E-state index contributed by atoms with van der Waals surface area (Å²) in [6.07, 6.45) is -1.65. The van der Waals surface area contributed by atoms with Gasteiger partial charge in [-0.25, -0.2) is 4.98 Å². The first-order valence-electron chi connectivity index (χ1n) is 9.29. The van der Waals surface area contributed by atoms with Crippen molar-refractivity contribution in [3.8, 4) is 0 Å². The van der Waals surface area contributed by atoms with Gasteiger partial charge in [-0.05, 0) is 38.3 Å². The van der Waals surface area contributed by atoms with Crippen molar-refractivity contribution in [2.45, 2.75) is 51.2 Å². The van der Waals surface area contributed by atoms with E-state index in [9.17, 15) is 13.2 Å². The SMILES string of the molecule is CN=C(NCc1nc(C)c(C)o1)NCC1(c2cccc(C(F)(F)F)c2)CCC1. The average molecular weight is 394 g/mol. The van der Waals surface area contributed by atoms with Gasteiger partial charge in [0.2, 0.25) is 5.89 Å². The van der Waals surface area contributed by atoms with Crippen molar-refractivity contribution >= 4 is 5.96 Å². The second kappa shape index (κ2) is 7.85. The maximum Gasteiger partial charge on any atom is 0.416 e. The van der Waals surface area contributed by atoms with Crippen molar-refractivity contribution in [2.24, 2.45) is 4.99 Å². The molecular formula is C20H25F3N4O. The van der Waals surface area contributed by atoms with E-state index in [0.717, 1.165) is 42.3 Å². The summed E-state index contributed by atoms with van der Waals surface area (Å²) in [6.45, 7) is 4.63. The lowest BCUT2D eigenvalue weighted by Gasteiger charge is -2.43. The lowest BCUT2D eigenvalue weighted by atomic mass is 9.64. The number of rotatable bonds is 5. The molecule has 1 heterocycles. The molecule has 8 heteroatoms. The van der Waals surface area contributed by atoms with Gasteiger partial charge in [-0.2, -0.15) is 13.2 Å². The highest BCUT2D eigenvalue weighted by molar-refractivity contribution is 5.79. The Morgan fingerprint density at radius 2 is 2.00 bits per heavy atom. The zero-order valence-corrected chi connectivity index (χ0v) is 16.3. The Morgan fingerprint density at radius 3 is 2.54 bits per heavy atom. The first kappa shape index (κ1) is 20.2. The number of hydrogen-bond donors (Lipinski definition) is 2. The van der Waals surface area contributed by atoms with Crippen LogP contribution in [0.25, 0.3) is 0 Å². The van der Waals surface area contributed by atoms with E-state index in [1.165, 1.54) is 12.1 Å². The van der Waals surface area contributed by atoms with E-state index in [-0.39, 0.29) is 5.41 Å². The molecule has 152 valence electrons. The average Bonchev–Trinajstić information content (AvgIpc) is 2.94. The highest BCUT2D eigenvalue weighted by Crippen LogP contribution is 2.44. The quantitative estimate of drug-likeness (QED) is 0.592. The summed E-state index contributed by atoms with van der Waals surface area (Å²) < 4.78 is 44.8. The van der Waals surface area contributed by atoms with Crippen LogP contribution in [0.5, 0.6) is 0 Å². The minimum atomic E-state index is -4.34. The zero-order valence-electron chi connectivity index (χ0n) is 16.3. The first-order valence-corrected chi connectivity index (χ1v) is 9.29. The number of nitrogens with one attached hydrogen (secondary N) is 2. The van der Waals surface area contributed by atoms with Crippen LogP contribution in [-0.2, 0) is 18.1 Å². The minimum absolute atomic E-state index is 0.311. The molecule has 0 aliphatic heterocycles. The van der Waals surface area contributed by atoms with Crippen LogP contribution >= 0.6 is 0 Å². The van der Waals surface area contributed by atoms with Crippen LogP contribution in [0.3, 0.4) is 0 Å². The summed E-state index contributed by atoms with van der Waals surface area (Å²) in [5.41, 5.74) is 0.649. The van der Waals surface area contributed by atoms with Crippen molar-refractivity contribution < 1.29 is 17.6 Å². The van der Waals surface area contributed by atoms with Crippen LogP contribution in [-0.4, -0.2) is 24.5 Å². The van der Waals surface area contributed by atoms with E-state index in [2.05, 4.69) is 20.6 Å². The number of aryl methyl sites for hydroxylation is 2. The maximum atomic E-state index is 13.1. The van der Waals surface area contributed by atoms with E-state index in [1.54, 1.807) is 13.1 Å². The normalized spacial score (nSPS) is 16.6. The number of nitrogens with zero attached hydrogens (tertiary/aromatic N) is 2. The summed E-state index contributed by atoms with van der Waals surface area (Å²) in [5.74, 6) is 1.90. The van der Waals surface area contributed by atoms with Gasteiger partial charge in [0.1, 0.15) is 5.76 Å². The maximum absolute atomic E-state index is 13.1. The molecule has 1 saturated carbocycles. The van der Waals surface area contributed by atoms with Gasteiger partial charge in [-0.3, -0.25) is 4.99 Å². The standard InChI is InChI=1S/C20H25F3N4O/c1-13-14(2)28-17(27-13)11-25-18(24-3)26-12-19(8-5-9-19)15-6-4-7-16(10-15)20(21,22)23/h4,6-7,10H,5,8-9,11-12H2,1-3H3,(H2,24,25,26). The van der Waals surface area contributed by atoms with Crippen LogP contribution in [0.4, 0.5) is 13.2 Å². The van der Waals surface area contributed by atoms with Gasteiger partial charge in [-0.15, -0.1) is 0 Å². The molecule has 3 rings (SSSR count).